The van der Waals surface area contributed by atoms with Gasteiger partial charge in [0.05, 0.1) is 6.26 Å². The van der Waals surface area contributed by atoms with E-state index in [0.29, 0.717) is 31.8 Å². The molecule has 0 N–H and O–H groups in total. The summed E-state index contributed by atoms with van der Waals surface area (Å²) in [6.07, 6.45) is 1.99. The molecule has 3 heterocycles. The molecule has 3 aromatic rings. The number of piperazine rings is 1. The van der Waals surface area contributed by atoms with E-state index in [-0.39, 0.29) is 23.7 Å². The molecule has 0 bridgehead atoms. The summed E-state index contributed by atoms with van der Waals surface area (Å²) in [5.41, 5.74) is 2.79. The van der Waals surface area contributed by atoms with E-state index in [1.165, 1.54) is 18.4 Å². The Kier molecular flexibility index (Phi) is 5.49. The van der Waals surface area contributed by atoms with Crippen LogP contribution in [0.3, 0.4) is 0 Å². The molecule has 7 heteroatoms. The Morgan fingerprint density at radius 3 is 2.19 bits per heavy atom. The first-order valence-corrected chi connectivity index (χ1v) is 10.8. The van der Waals surface area contributed by atoms with Crippen molar-refractivity contribution in [2.45, 2.75) is 12.5 Å². The first kappa shape index (κ1) is 20.5. The Hall–Kier alpha value is -3.45. The van der Waals surface area contributed by atoms with E-state index in [1.807, 2.05) is 29.2 Å². The zero-order valence-electron chi connectivity index (χ0n) is 17.6. The van der Waals surface area contributed by atoms with E-state index in [0.717, 1.165) is 29.9 Å². The van der Waals surface area contributed by atoms with Crippen LogP contribution in [0.2, 0.25) is 0 Å². The highest BCUT2D eigenvalue weighted by Crippen LogP contribution is 2.28. The molecule has 2 fully saturated rings. The van der Waals surface area contributed by atoms with Crippen LogP contribution in [0.25, 0.3) is 11.1 Å². The zero-order valence-corrected chi connectivity index (χ0v) is 17.6. The molecule has 2 aliphatic rings. The van der Waals surface area contributed by atoms with Crippen LogP contribution in [0.1, 0.15) is 17.0 Å². The van der Waals surface area contributed by atoms with Crippen molar-refractivity contribution in [1.29, 1.82) is 0 Å². The van der Waals surface area contributed by atoms with Crippen LogP contribution in [0.4, 0.5) is 10.1 Å². The fraction of sp³-hybridized carbons (Fsp3) is 0.280. The van der Waals surface area contributed by atoms with E-state index in [2.05, 4.69) is 4.90 Å². The predicted molar refractivity (Wildman–Crippen MR) is 119 cm³/mol. The van der Waals surface area contributed by atoms with Gasteiger partial charge < -0.3 is 14.2 Å². The maximum Gasteiger partial charge on any atom is 0.289 e. The standard InChI is InChI=1S/C25H24FN3O3/c26-20-7-3-18(4-8-20)19-5-9-21(10-6-19)29-17-22(16-24(29)30)27-11-13-28(14-12-27)25(31)23-2-1-15-32-23/h1-10,15,22H,11-14,16-17H2/t22-/m1/s1/i26-1. The average molecular weight is 432 g/mol. The molecule has 0 saturated carbocycles. The molecule has 164 valence electrons. The average Bonchev–Trinajstić information content (AvgIpc) is 3.50. The highest BCUT2D eigenvalue weighted by molar-refractivity contribution is 5.96. The molecular weight excluding hydrogens is 408 g/mol. The molecule has 2 aliphatic heterocycles. The number of carbonyl (C=O) groups is 2. The quantitative estimate of drug-likeness (QED) is 0.632. The number of hydrogen-bond donors (Lipinski definition) is 0. The van der Waals surface area contributed by atoms with Gasteiger partial charge in [-0.3, -0.25) is 14.5 Å². The Bertz CT molecular complexity index is 1090. The molecule has 32 heavy (non-hydrogen) atoms. The Balaban J connectivity index is 1.20. The first-order valence-electron chi connectivity index (χ1n) is 10.8. The number of carbonyl (C=O) groups excluding carboxylic acids is 2. The molecule has 0 unspecified atom stereocenters. The Morgan fingerprint density at radius 2 is 1.56 bits per heavy atom. The van der Waals surface area contributed by atoms with Crippen LogP contribution >= 0.6 is 0 Å². The maximum absolute atomic E-state index is 13.2. The second-order valence-corrected chi connectivity index (χ2v) is 8.22. The van der Waals surface area contributed by atoms with E-state index in [1.54, 1.807) is 29.2 Å². The van der Waals surface area contributed by atoms with Crippen molar-refractivity contribution >= 4 is 17.5 Å². The van der Waals surface area contributed by atoms with Gasteiger partial charge in [-0.25, -0.2) is 4.39 Å². The molecule has 5 rings (SSSR count). The summed E-state index contributed by atoms with van der Waals surface area (Å²) in [6.45, 7) is 3.36. The highest BCUT2D eigenvalue weighted by Gasteiger charge is 2.36. The monoisotopic (exact) mass is 432 g/mol. The van der Waals surface area contributed by atoms with Gasteiger partial charge in [0.2, 0.25) is 5.91 Å². The van der Waals surface area contributed by atoms with Crippen LogP contribution < -0.4 is 4.90 Å². The fourth-order valence-corrected chi connectivity index (χ4v) is 4.51. The largest absolute Gasteiger partial charge is 0.459 e. The lowest BCUT2D eigenvalue weighted by Crippen LogP contribution is -2.52. The first-order chi connectivity index (χ1) is 15.6. The molecule has 0 radical (unpaired) electrons. The van der Waals surface area contributed by atoms with Gasteiger partial charge in [-0.2, -0.15) is 0 Å². The molecule has 2 amide bonds. The number of hydrogen-bond acceptors (Lipinski definition) is 4. The topological polar surface area (TPSA) is 57.0 Å². The minimum Gasteiger partial charge on any atom is -0.459 e. The van der Waals surface area contributed by atoms with Crippen LogP contribution in [0.15, 0.2) is 71.3 Å². The molecular formula is C25H24FN3O3. The van der Waals surface area contributed by atoms with Crippen LogP contribution in [-0.2, 0) is 4.79 Å². The number of anilines is 1. The molecule has 2 saturated heterocycles. The number of amides is 2. The maximum atomic E-state index is 13.2. The SMILES string of the molecule is O=C(c1ccco1)N1CCN([C@@H]2CC(=O)N(c3ccc(-c4ccc([18F])cc4)cc3)C2)CC1. The molecule has 1 aromatic heterocycles. The van der Waals surface area contributed by atoms with Crippen LogP contribution in [-0.4, -0.2) is 60.4 Å². The van der Waals surface area contributed by atoms with Gasteiger partial charge in [-0.05, 0) is 47.5 Å². The summed E-state index contributed by atoms with van der Waals surface area (Å²) in [5.74, 6) is 0.133. The number of rotatable bonds is 4. The van der Waals surface area contributed by atoms with Gasteiger partial charge in [-0.15, -0.1) is 0 Å². The minimum atomic E-state index is -0.259. The van der Waals surface area contributed by atoms with E-state index >= 15 is 0 Å². The predicted octanol–water partition coefficient (Wildman–Crippen LogP) is 3.65. The number of furan rings is 1. The molecule has 0 aliphatic carbocycles. The third kappa shape index (κ3) is 4.03. The van der Waals surface area contributed by atoms with Gasteiger partial charge in [0.15, 0.2) is 5.76 Å². The van der Waals surface area contributed by atoms with Crippen molar-refractivity contribution in [3.63, 3.8) is 0 Å². The van der Waals surface area contributed by atoms with Crippen molar-refractivity contribution in [3.8, 4) is 11.1 Å². The van der Waals surface area contributed by atoms with E-state index in [9.17, 15) is 14.0 Å². The normalized spacial score (nSPS) is 19.5. The van der Waals surface area contributed by atoms with Crippen LogP contribution in [0.5, 0.6) is 0 Å². The summed E-state index contributed by atoms with van der Waals surface area (Å²) in [7, 11) is 0. The Morgan fingerprint density at radius 1 is 0.906 bits per heavy atom. The third-order valence-electron chi connectivity index (χ3n) is 6.31. The van der Waals surface area contributed by atoms with Crippen molar-refractivity contribution in [2.24, 2.45) is 0 Å². The number of nitrogens with zero attached hydrogens (tertiary/aromatic N) is 3. The smallest absolute Gasteiger partial charge is 0.289 e. The lowest BCUT2D eigenvalue weighted by Gasteiger charge is -2.37. The second-order valence-electron chi connectivity index (χ2n) is 8.22. The van der Waals surface area contributed by atoms with Gasteiger partial charge in [0.1, 0.15) is 5.82 Å². The Labute approximate surface area is 185 Å². The number of benzene rings is 2. The molecule has 2 aromatic carbocycles. The van der Waals surface area contributed by atoms with E-state index < -0.39 is 0 Å². The van der Waals surface area contributed by atoms with Gasteiger partial charge in [-0.1, -0.05) is 24.3 Å². The number of halogens is 1. The summed E-state index contributed by atoms with van der Waals surface area (Å²) in [5, 5.41) is 0. The van der Waals surface area contributed by atoms with E-state index in [4.69, 9.17) is 4.42 Å². The van der Waals surface area contributed by atoms with Gasteiger partial charge >= 0.3 is 0 Å². The molecule has 1 atom stereocenters. The summed E-state index contributed by atoms with van der Waals surface area (Å²) in [4.78, 5) is 31.1. The van der Waals surface area contributed by atoms with Gasteiger partial charge in [0.25, 0.3) is 5.91 Å². The molecule has 6 nitrogen and oxygen atoms in total. The second kappa shape index (κ2) is 8.59. The van der Waals surface area contributed by atoms with Crippen molar-refractivity contribution in [3.05, 3.63) is 78.5 Å². The van der Waals surface area contributed by atoms with Crippen molar-refractivity contribution in [1.82, 2.24) is 9.80 Å². The summed E-state index contributed by atoms with van der Waals surface area (Å²) >= 11 is 0. The van der Waals surface area contributed by atoms with Crippen LogP contribution in [0, 0.1) is 5.82 Å². The van der Waals surface area contributed by atoms with Gasteiger partial charge in [0, 0.05) is 50.9 Å². The summed E-state index contributed by atoms with van der Waals surface area (Å²) in [6, 6.07) is 17.7. The van der Waals surface area contributed by atoms with Crippen molar-refractivity contribution < 1.29 is 18.4 Å². The highest BCUT2D eigenvalue weighted by atomic mass is 18.2. The minimum absolute atomic E-state index is 0.0833. The molecule has 0 spiro atoms. The van der Waals surface area contributed by atoms with Crippen molar-refractivity contribution in [2.75, 3.05) is 37.6 Å². The lowest BCUT2D eigenvalue weighted by atomic mass is 10.1. The third-order valence-corrected chi connectivity index (χ3v) is 6.31. The fourth-order valence-electron chi connectivity index (χ4n) is 4.51. The summed E-state index contributed by atoms with van der Waals surface area (Å²) < 4.78 is 18.4. The lowest BCUT2D eigenvalue weighted by molar-refractivity contribution is -0.117. The zero-order chi connectivity index (χ0) is 22.1.